The molecule has 1 N–H and O–H groups in total. The van der Waals surface area contributed by atoms with Crippen molar-refractivity contribution in [2.45, 2.75) is 17.9 Å². The highest BCUT2D eigenvalue weighted by Crippen LogP contribution is 2.36. The van der Waals surface area contributed by atoms with Gasteiger partial charge >= 0.3 is 5.69 Å². The van der Waals surface area contributed by atoms with Gasteiger partial charge in [0.15, 0.2) is 21.3 Å². The SMILES string of the molecule is C=CC(=O)N1CCN(c2nc(=O)n(-c3cnccc3S(C)(=O)=O)c3nc(-c4c(O)cccc4F)c(F)cc23)[C@@H](C)C1. The molecule has 1 aromatic carbocycles. The van der Waals surface area contributed by atoms with Crippen LogP contribution in [0.1, 0.15) is 6.92 Å². The third-order valence-electron chi connectivity index (χ3n) is 6.82. The van der Waals surface area contributed by atoms with Gasteiger partial charge in [-0.05, 0) is 37.3 Å². The van der Waals surface area contributed by atoms with E-state index in [1.165, 1.54) is 24.4 Å². The molecule has 1 amide bonds. The molecule has 14 heteroatoms. The number of hydrogen-bond donors (Lipinski definition) is 1. The zero-order valence-corrected chi connectivity index (χ0v) is 22.8. The molecule has 1 saturated heterocycles. The van der Waals surface area contributed by atoms with Crippen molar-refractivity contribution < 1.29 is 27.1 Å². The number of fused-ring (bicyclic) bond motifs is 1. The third kappa shape index (κ3) is 4.90. The molecule has 212 valence electrons. The summed E-state index contributed by atoms with van der Waals surface area (Å²) in [5.74, 6) is -2.80. The van der Waals surface area contributed by atoms with Crippen LogP contribution in [0.3, 0.4) is 0 Å². The molecule has 0 bridgehead atoms. The highest BCUT2D eigenvalue weighted by molar-refractivity contribution is 7.90. The number of nitrogens with zero attached hydrogens (tertiary/aromatic N) is 6. The van der Waals surface area contributed by atoms with Crippen LogP contribution in [0.2, 0.25) is 0 Å². The summed E-state index contributed by atoms with van der Waals surface area (Å²) in [6, 6.07) is 5.23. The summed E-state index contributed by atoms with van der Waals surface area (Å²) >= 11 is 0. The van der Waals surface area contributed by atoms with Crippen LogP contribution in [0.15, 0.2) is 65.1 Å². The number of rotatable bonds is 5. The first-order valence-electron chi connectivity index (χ1n) is 12.4. The summed E-state index contributed by atoms with van der Waals surface area (Å²) in [5, 5.41) is 10.4. The number of aromatic hydroxyl groups is 1. The summed E-state index contributed by atoms with van der Waals surface area (Å²) in [7, 11) is -3.89. The summed E-state index contributed by atoms with van der Waals surface area (Å²) in [5.41, 5.74) is -2.53. The summed E-state index contributed by atoms with van der Waals surface area (Å²) in [4.78, 5) is 41.3. The maximum absolute atomic E-state index is 15.7. The Bertz CT molecular complexity index is 1880. The average molecular weight is 583 g/mol. The van der Waals surface area contributed by atoms with Crippen molar-refractivity contribution in [1.29, 1.82) is 0 Å². The van der Waals surface area contributed by atoms with Gasteiger partial charge in [-0.3, -0.25) is 9.78 Å². The van der Waals surface area contributed by atoms with Crippen molar-refractivity contribution in [2.24, 2.45) is 0 Å². The lowest BCUT2D eigenvalue weighted by molar-refractivity contribution is -0.126. The molecule has 0 saturated carbocycles. The van der Waals surface area contributed by atoms with Gasteiger partial charge in [0.25, 0.3) is 0 Å². The fourth-order valence-electron chi connectivity index (χ4n) is 4.92. The van der Waals surface area contributed by atoms with Crippen molar-refractivity contribution >= 4 is 32.6 Å². The highest BCUT2D eigenvalue weighted by Gasteiger charge is 2.31. The van der Waals surface area contributed by atoms with E-state index in [4.69, 9.17) is 0 Å². The minimum Gasteiger partial charge on any atom is -0.507 e. The number of amides is 1. The Hall–Kier alpha value is -4.72. The van der Waals surface area contributed by atoms with Crippen molar-refractivity contribution in [3.05, 3.63) is 77.5 Å². The molecule has 5 rings (SSSR count). The quantitative estimate of drug-likeness (QED) is 0.352. The molecule has 4 aromatic rings. The highest BCUT2D eigenvalue weighted by atomic mass is 32.2. The fraction of sp³-hybridized carbons (Fsp3) is 0.222. The van der Waals surface area contributed by atoms with Crippen LogP contribution in [-0.4, -0.2) is 75.8 Å². The van der Waals surface area contributed by atoms with Gasteiger partial charge < -0.3 is 14.9 Å². The van der Waals surface area contributed by atoms with Gasteiger partial charge in [0.2, 0.25) is 5.91 Å². The summed E-state index contributed by atoms with van der Waals surface area (Å²) in [6.07, 6.45) is 4.51. The molecule has 41 heavy (non-hydrogen) atoms. The Morgan fingerprint density at radius 1 is 1.17 bits per heavy atom. The maximum atomic E-state index is 15.7. The second-order valence-corrected chi connectivity index (χ2v) is 11.5. The second kappa shape index (κ2) is 10.4. The number of phenols is 1. The van der Waals surface area contributed by atoms with Gasteiger partial charge in [0.05, 0.1) is 27.7 Å². The first-order valence-corrected chi connectivity index (χ1v) is 14.2. The molecule has 11 nitrogen and oxygen atoms in total. The molecular weight excluding hydrogens is 558 g/mol. The normalized spacial score (nSPS) is 15.8. The lowest BCUT2D eigenvalue weighted by Crippen LogP contribution is -2.54. The first kappa shape index (κ1) is 27.8. The van der Waals surface area contributed by atoms with E-state index in [-0.39, 0.29) is 59.0 Å². The zero-order chi connectivity index (χ0) is 29.6. The molecule has 0 unspecified atom stereocenters. The van der Waals surface area contributed by atoms with Gasteiger partial charge in [-0.15, -0.1) is 0 Å². The lowest BCUT2D eigenvalue weighted by atomic mass is 10.1. The summed E-state index contributed by atoms with van der Waals surface area (Å²) < 4.78 is 56.6. The lowest BCUT2D eigenvalue weighted by Gasteiger charge is -2.40. The van der Waals surface area contributed by atoms with E-state index in [1.807, 2.05) is 0 Å². The van der Waals surface area contributed by atoms with Crippen LogP contribution >= 0.6 is 0 Å². The molecular formula is C27H24F2N6O5S. The van der Waals surface area contributed by atoms with Crippen LogP contribution in [-0.2, 0) is 14.6 Å². The number of sulfone groups is 1. The van der Waals surface area contributed by atoms with Gasteiger partial charge in [-0.2, -0.15) is 4.98 Å². The zero-order valence-electron chi connectivity index (χ0n) is 22.0. The molecule has 0 spiro atoms. The van der Waals surface area contributed by atoms with Crippen molar-refractivity contribution in [3.63, 3.8) is 0 Å². The van der Waals surface area contributed by atoms with Gasteiger partial charge in [0.1, 0.15) is 23.1 Å². The van der Waals surface area contributed by atoms with Gasteiger partial charge in [-0.1, -0.05) is 12.6 Å². The smallest absolute Gasteiger partial charge is 0.355 e. The van der Waals surface area contributed by atoms with Crippen LogP contribution in [0, 0.1) is 11.6 Å². The molecule has 1 fully saturated rings. The molecule has 0 aliphatic carbocycles. The van der Waals surface area contributed by atoms with E-state index in [1.54, 1.807) is 16.7 Å². The van der Waals surface area contributed by atoms with Crippen LogP contribution in [0.5, 0.6) is 5.75 Å². The first-order chi connectivity index (χ1) is 19.4. The van der Waals surface area contributed by atoms with E-state index in [9.17, 15) is 27.5 Å². The van der Waals surface area contributed by atoms with E-state index in [0.29, 0.717) is 0 Å². The van der Waals surface area contributed by atoms with Crippen molar-refractivity contribution in [2.75, 3.05) is 30.8 Å². The van der Waals surface area contributed by atoms with E-state index >= 15 is 4.39 Å². The largest absolute Gasteiger partial charge is 0.507 e. The maximum Gasteiger partial charge on any atom is 0.355 e. The number of carbonyl (C=O) groups is 1. The van der Waals surface area contributed by atoms with Gasteiger partial charge in [-0.25, -0.2) is 31.5 Å². The fourth-order valence-corrected chi connectivity index (χ4v) is 5.75. The number of hydrogen-bond acceptors (Lipinski definition) is 9. The minimum atomic E-state index is -3.89. The number of anilines is 1. The van der Waals surface area contributed by atoms with Crippen molar-refractivity contribution in [1.82, 2.24) is 24.4 Å². The number of benzene rings is 1. The van der Waals surface area contributed by atoms with E-state index in [2.05, 4.69) is 21.5 Å². The van der Waals surface area contributed by atoms with Gasteiger partial charge in [0, 0.05) is 38.1 Å². The standard InChI is InChI=1S/C27H24F2N6O5S/c1-4-22(37)33-10-11-34(15(2)14-33)25-16-12-18(29)24(23-17(28)6-5-7-20(23)36)31-26(16)35(27(38)32-25)19-13-30-9-8-21(19)41(3,39)40/h4-9,12-13,15,36H,1,10-11,14H2,2-3H3/t15-/m0/s1. The second-order valence-electron chi connectivity index (χ2n) is 9.52. The molecule has 4 heterocycles. The Morgan fingerprint density at radius 2 is 1.93 bits per heavy atom. The number of carbonyl (C=O) groups excluding carboxylic acids is 1. The van der Waals surface area contributed by atoms with Crippen LogP contribution in [0.25, 0.3) is 28.0 Å². The molecule has 1 aliphatic heterocycles. The minimum absolute atomic E-state index is 0.0142. The molecule has 1 atom stereocenters. The topological polar surface area (TPSA) is 139 Å². The molecule has 1 aliphatic rings. The Labute approximate surface area is 232 Å². The Balaban J connectivity index is 1.83. The van der Waals surface area contributed by atoms with Crippen LogP contribution < -0.4 is 10.6 Å². The van der Waals surface area contributed by atoms with E-state index < -0.39 is 44.2 Å². The predicted molar refractivity (Wildman–Crippen MR) is 147 cm³/mol. The monoisotopic (exact) mass is 582 g/mol. The average Bonchev–Trinajstić information content (AvgIpc) is 2.92. The Morgan fingerprint density at radius 3 is 2.59 bits per heavy atom. The number of halogens is 2. The summed E-state index contributed by atoms with van der Waals surface area (Å²) in [6.45, 7) is 6.05. The number of pyridine rings is 2. The number of phenolic OH excluding ortho intramolecular Hbond substituents is 1. The van der Waals surface area contributed by atoms with E-state index in [0.717, 1.165) is 35.2 Å². The molecule has 3 aromatic heterocycles. The third-order valence-corrected chi connectivity index (χ3v) is 7.96. The molecule has 0 radical (unpaired) electrons. The predicted octanol–water partition coefficient (Wildman–Crippen LogP) is 2.45. The van der Waals surface area contributed by atoms with Crippen molar-refractivity contribution in [3.8, 4) is 22.7 Å². The number of aromatic nitrogens is 4. The number of piperazine rings is 1. The Kier molecular flexibility index (Phi) is 7.03. The van der Waals surface area contributed by atoms with Crippen LogP contribution in [0.4, 0.5) is 14.6 Å².